The van der Waals surface area contributed by atoms with E-state index in [1.165, 1.54) is 6.42 Å². The number of H-pyrrole nitrogens is 1. The molecule has 7 rings (SSSR count). The van der Waals surface area contributed by atoms with Gasteiger partial charge in [0.25, 0.3) is 5.91 Å². The first-order valence-electron chi connectivity index (χ1n) is 14.5. The molecule has 2 bridgehead atoms. The van der Waals surface area contributed by atoms with Crippen LogP contribution in [0.1, 0.15) is 66.9 Å². The van der Waals surface area contributed by atoms with Crippen molar-refractivity contribution in [2.45, 2.75) is 69.2 Å². The monoisotopic (exact) mass is 534 g/mol. The zero-order chi connectivity index (χ0) is 27.1. The van der Waals surface area contributed by atoms with Crippen LogP contribution in [0.5, 0.6) is 5.75 Å². The quantitative estimate of drug-likeness (QED) is 0.270. The van der Waals surface area contributed by atoms with Gasteiger partial charge in [-0.3, -0.25) is 14.7 Å². The van der Waals surface area contributed by atoms with Crippen LogP contribution in [0.15, 0.2) is 72.8 Å². The van der Waals surface area contributed by atoms with Gasteiger partial charge in [-0.25, -0.2) is 0 Å². The first-order chi connectivity index (χ1) is 19.7. The molecule has 2 aliphatic heterocycles. The van der Waals surface area contributed by atoms with Crippen LogP contribution in [0.2, 0.25) is 0 Å². The molecular weight excluding hydrogens is 500 g/mol. The number of rotatable bonds is 8. The van der Waals surface area contributed by atoms with E-state index in [9.17, 15) is 9.59 Å². The summed E-state index contributed by atoms with van der Waals surface area (Å²) in [4.78, 5) is 26.8. The van der Waals surface area contributed by atoms with Crippen molar-refractivity contribution < 1.29 is 14.3 Å². The van der Waals surface area contributed by atoms with Crippen LogP contribution >= 0.6 is 0 Å². The van der Waals surface area contributed by atoms with E-state index in [4.69, 9.17) is 4.74 Å². The van der Waals surface area contributed by atoms with E-state index in [0.29, 0.717) is 23.6 Å². The summed E-state index contributed by atoms with van der Waals surface area (Å²) in [6, 6.07) is 24.7. The zero-order valence-electron chi connectivity index (χ0n) is 22.5. The molecule has 7 heteroatoms. The Morgan fingerprint density at radius 2 is 1.73 bits per heavy atom. The minimum atomic E-state index is -0.0619. The number of carbonyl (C=O) groups is 2. The number of aromatic amines is 1. The van der Waals surface area contributed by atoms with E-state index in [-0.39, 0.29) is 18.1 Å². The van der Waals surface area contributed by atoms with E-state index in [1.54, 1.807) is 0 Å². The van der Waals surface area contributed by atoms with Crippen LogP contribution in [-0.2, 0) is 4.79 Å². The molecule has 4 atom stereocenters. The average molecular weight is 535 g/mol. The molecule has 1 aliphatic carbocycles. The fourth-order valence-corrected chi connectivity index (χ4v) is 6.82. The minimum Gasteiger partial charge on any atom is -0.490 e. The van der Waals surface area contributed by atoms with Crippen LogP contribution in [0.3, 0.4) is 0 Å². The van der Waals surface area contributed by atoms with Crippen molar-refractivity contribution in [3.63, 3.8) is 0 Å². The topological polar surface area (TPSA) is 87.3 Å². The number of amides is 2. The Balaban J connectivity index is 1.08. The average Bonchev–Trinajstić information content (AvgIpc) is 3.49. The van der Waals surface area contributed by atoms with E-state index in [1.807, 2.05) is 65.6 Å². The number of nitrogens with one attached hydrogen (secondary N) is 2. The molecule has 7 nitrogen and oxygen atoms in total. The number of piperidine rings is 1. The van der Waals surface area contributed by atoms with E-state index < -0.39 is 0 Å². The summed E-state index contributed by atoms with van der Waals surface area (Å²) < 4.78 is 6.32. The van der Waals surface area contributed by atoms with Gasteiger partial charge in [0.2, 0.25) is 6.41 Å². The summed E-state index contributed by atoms with van der Waals surface area (Å²) >= 11 is 0. The maximum Gasteiger partial charge on any atom is 0.251 e. The van der Waals surface area contributed by atoms with E-state index in [0.717, 1.165) is 78.4 Å². The van der Waals surface area contributed by atoms with Crippen LogP contribution in [0.25, 0.3) is 22.2 Å². The molecule has 1 saturated carbocycles. The van der Waals surface area contributed by atoms with Crippen LogP contribution in [0.4, 0.5) is 0 Å². The Labute approximate surface area is 233 Å². The first-order valence-corrected chi connectivity index (χ1v) is 14.5. The Morgan fingerprint density at radius 1 is 0.975 bits per heavy atom. The SMILES string of the molecule is O=CN1[C@@H]2CC[C@H]1C[C@H](Oc1ccc(-c3n[nH]c4ccc(C(=O)NC(c5ccccc5)C5CCC5)cc34)cc1)C2. The summed E-state index contributed by atoms with van der Waals surface area (Å²) in [5.41, 5.74) is 4.46. The van der Waals surface area contributed by atoms with Gasteiger partial charge >= 0.3 is 0 Å². The summed E-state index contributed by atoms with van der Waals surface area (Å²) in [6.45, 7) is 0. The maximum absolute atomic E-state index is 13.4. The standard InChI is InChI=1S/C33H34N4O3/c38-20-37-25-12-13-26(37)19-28(18-25)40-27-14-9-23(10-15-27)32-29-17-24(11-16-30(29)35-36-32)33(39)34-31(22-7-4-8-22)21-5-2-1-3-6-21/h1-3,5-6,9-11,14-17,20,22,25-26,28,31H,4,7-8,12-13,18-19H2,(H,34,39)(H,35,36)/t25-,26+,28-,31?. The van der Waals surface area contributed by atoms with Gasteiger partial charge < -0.3 is 15.0 Å². The largest absolute Gasteiger partial charge is 0.490 e. The van der Waals surface area contributed by atoms with E-state index >= 15 is 0 Å². The highest BCUT2D eigenvalue weighted by Gasteiger charge is 2.40. The smallest absolute Gasteiger partial charge is 0.251 e. The molecule has 2 N–H and O–H groups in total. The number of benzene rings is 3. The molecule has 1 aromatic heterocycles. The fourth-order valence-electron chi connectivity index (χ4n) is 6.82. The highest BCUT2D eigenvalue weighted by molar-refractivity contribution is 6.01. The molecule has 0 radical (unpaired) electrons. The number of carbonyl (C=O) groups excluding carboxylic acids is 2. The Bertz CT molecular complexity index is 1500. The number of hydrogen-bond acceptors (Lipinski definition) is 4. The lowest BCUT2D eigenvalue weighted by atomic mass is 9.77. The molecular formula is C33H34N4O3. The molecule has 3 aliphatic rings. The third kappa shape index (κ3) is 4.63. The number of nitrogens with zero attached hydrogens (tertiary/aromatic N) is 2. The Kier molecular flexibility index (Phi) is 6.50. The van der Waals surface area contributed by atoms with Crippen molar-refractivity contribution in [1.82, 2.24) is 20.4 Å². The summed E-state index contributed by atoms with van der Waals surface area (Å²) in [7, 11) is 0. The van der Waals surface area contributed by atoms with Crippen molar-refractivity contribution in [2.24, 2.45) is 5.92 Å². The van der Waals surface area contributed by atoms with Crippen molar-refractivity contribution in [3.8, 4) is 17.0 Å². The first kappa shape index (κ1) is 24.9. The summed E-state index contributed by atoms with van der Waals surface area (Å²) in [5, 5.41) is 11.9. The molecule has 40 heavy (non-hydrogen) atoms. The molecule has 3 aromatic carbocycles. The van der Waals surface area contributed by atoms with Crippen LogP contribution < -0.4 is 10.1 Å². The lowest BCUT2D eigenvalue weighted by molar-refractivity contribution is -0.123. The molecule has 2 saturated heterocycles. The molecule has 4 aromatic rings. The third-order valence-electron chi connectivity index (χ3n) is 9.19. The minimum absolute atomic E-state index is 0.0235. The molecule has 3 heterocycles. The predicted octanol–water partition coefficient (Wildman–Crippen LogP) is 6.03. The number of hydrogen-bond donors (Lipinski definition) is 2. The predicted molar refractivity (Wildman–Crippen MR) is 154 cm³/mol. The number of aromatic nitrogens is 2. The van der Waals surface area contributed by atoms with Crippen molar-refractivity contribution >= 4 is 23.2 Å². The lowest BCUT2D eigenvalue weighted by Crippen LogP contribution is -2.45. The normalized spacial score (nSPS) is 23.0. The van der Waals surface area contributed by atoms with Crippen LogP contribution in [0, 0.1) is 5.92 Å². The van der Waals surface area contributed by atoms with Gasteiger partial charge in [-0.1, -0.05) is 36.8 Å². The van der Waals surface area contributed by atoms with Crippen molar-refractivity contribution in [3.05, 3.63) is 83.9 Å². The lowest BCUT2D eigenvalue weighted by Gasteiger charge is -2.36. The second kappa shape index (κ2) is 10.5. The molecule has 1 unspecified atom stereocenters. The molecule has 3 fully saturated rings. The van der Waals surface area contributed by atoms with Gasteiger partial charge in [0, 0.05) is 41.4 Å². The van der Waals surface area contributed by atoms with Gasteiger partial charge in [0.05, 0.1) is 17.3 Å². The Hall–Kier alpha value is -4.13. The van der Waals surface area contributed by atoms with Gasteiger partial charge in [-0.05, 0) is 79.6 Å². The van der Waals surface area contributed by atoms with Gasteiger partial charge in [-0.2, -0.15) is 5.10 Å². The van der Waals surface area contributed by atoms with Gasteiger partial charge in [0.1, 0.15) is 11.9 Å². The number of ether oxygens (including phenoxy) is 1. The summed E-state index contributed by atoms with van der Waals surface area (Å²) in [5.74, 6) is 1.25. The van der Waals surface area contributed by atoms with Crippen LogP contribution in [-0.4, -0.2) is 45.6 Å². The molecule has 204 valence electrons. The fraction of sp³-hybridized carbons (Fsp3) is 0.364. The van der Waals surface area contributed by atoms with Crippen molar-refractivity contribution in [2.75, 3.05) is 0 Å². The summed E-state index contributed by atoms with van der Waals surface area (Å²) in [6.07, 6.45) is 8.56. The zero-order valence-corrected chi connectivity index (χ0v) is 22.5. The van der Waals surface area contributed by atoms with E-state index in [2.05, 4.69) is 27.6 Å². The molecule has 0 spiro atoms. The highest BCUT2D eigenvalue weighted by Crippen LogP contribution is 2.39. The van der Waals surface area contributed by atoms with Crippen molar-refractivity contribution in [1.29, 1.82) is 0 Å². The third-order valence-corrected chi connectivity index (χ3v) is 9.19. The highest BCUT2D eigenvalue weighted by atomic mass is 16.5. The number of fused-ring (bicyclic) bond motifs is 3. The molecule has 2 amide bonds. The Morgan fingerprint density at radius 3 is 2.40 bits per heavy atom. The second-order valence-corrected chi connectivity index (χ2v) is 11.6. The second-order valence-electron chi connectivity index (χ2n) is 11.6. The van der Waals surface area contributed by atoms with Gasteiger partial charge in [-0.15, -0.1) is 0 Å². The maximum atomic E-state index is 13.4. The van der Waals surface area contributed by atoms with Gasteiger partial charge in [0.15, 0.2) is 0 Å².